The summed E-state index contributed by atoms with van der Waals surface area (Å²) < 4.78 is 0. The molecule has 2 N–H and O–H groups in total. The number of aromatic nitrogens is 3. The molecular formula is C14H12ClN3. The molecule has 2 aromatic carbocycles. The highest BCUT2D eigenvalue weighted by Gasteiger charge is 2.03. The van der Waals surface area contributed by atoms with E-state index in [1.165, 1.54) is 11.1 Å². The van der Waals surface area contributed by atoms with E-state index in [4.69, 9.17) is 11.6 Å². The molecule has 3 rings (SSSR count). The largest absolute Gasteiger partial charge is 0.266 e. The van der Waals surface area contributed by atoms with Gasteiger partial charge in [0, 0.05) is 11.4 Å². The van der Waals surface area contributed by atoms with Gasteiger partial charge in [0.25, 0.3) is 0 Å². The normalized spacial score (nSPS) is 10.7. The molecule has 4 heteroatoms. The minimum Gasteiger partial charge on any atom is -0.266 e. The van der Waals surface area contributed by atoms with Gasteiger partial charge in [0.05, 0.1) is 0 Å². The molecule has 0 amide bonds. The highest BCUT2D eigenvalue weighted by atomic mass is 35.5. The molecule has 0 aliphatic carbocycles. The van der Waals surface area contributed by atoms with E-state index in [-0.39, 0.29) is 0 Å². The molecule has 3 nitrogen and oxygen atoms in total. The molecule has 0 aliphatic rings. The average molecular weight is 258 g/mol. The quantitative estimate of drug-likeness (QED) is 0.689. The Kier molecular flexibility index (Phi) is 2.90. The fourth-order valence-corrected chi connectivity index (χ4v) is 2.03. The second-order valence-electron chi connectivity index (χ2n) is 4.11. The molecule has 0 atom stereocenters. The van der Waals surface area contributed by atoms with E-state index in [1.54, 1.807) is 0 Å². The van der Waals surface area contributed by atoms with Crippen LogP contribution in [0.3, 0.4) is 0 Å². The molecule has 0 spiro atoms. The maximum Gasteiger partial charge on any atom is 0.174 e. The molecule has 1 heterocycles. The summed E-state index contributed by atoms with van der Waals surface area (Å²) in [5.74, 6) is 1.43. The maximum atomic E-state index is 5.78. The molecule has 0 unspecified atom stereocenters. The fourth-order valence-electron chi connectivity index (χ4n) is 1.86. The summed E-state index contributed by atoms with van der Waals surface area (Å²) in [6.07, 6.45) is 0. The van der Waals surface area contributed by atoms with E-state index in [2.05, 4.69) is 63.9 Å². The van der Waals surface area contributed by atoms with Crippen molar-refractivity contribution in [2.45, 2.75) is 5.88 Å². The first kappa shape index (κ1) is 11.1. The van der Waals surface area contributed by atoms with E-state index in [0.717, 1.165) is 17.0 Å². The fraction of sp³-hybridized carbons (Fsp3) is 0.0714. The summed E-state index contributed by atoms with van der Waals surface area (Å²) in [5.41, 5.74) is 4.59. The molecule has 0 bridgehead atoms. The SMILES string of the molecule is ClCc1ccc(-c2ccc(-c3n[nH][nH]3)cc2)cc1. The third-order valence-electron chi connectivity index (χ3n) is 2.94. The van der Waals surface area contributed by atoms with Gasteiger partial charge in [-0.3, -0.25) is 5.10 Å². The van der Waals surface area contributed by atoms with E-state index in [1.807, 2.05) is 0 Å². The van der Waals surface area contributed by atoms with Crippen LogP contribution >= 0.6 is 11.6 Å². The second kappa shape index (κ2) is 4.70. The molecule has 18 heavy (non-hydrogen) atoms. The number of nitrogens with zero attached hydrogens (tertiary/aromatic N) is 1. The first-order valence-corrected chi connectivity index (χ1v) is 6.25. The zero-order valence-electron chi connectivity index (χ0n) is 9.65. The van der Waals surface area contributed by atoms with Gasteiger partial charge >= 0.3 is 0 Å². The first-order chi connectivity index (χ1) is 8.86. The zero-order chi connectivity index (χ0) is 12.4. The minimum atomic E-state index is 0.553. The number of rotatable bonds is 3. The van der Waals surface area contributed by atoms with Crippen molar-refractivity contribution in [3.8, 4) is 22.5 Å². The van der Waals surface area contributed by atoms with Gasteiger partial charge in [-0.1, -0.05) is 48.5 Å². The monoisotopic (exact) mass is 257 g/mol. The zero-order valence-corrected chi connectivity index (χ0v) is 10.4. The van der Waals surface area contributed by atoms with Crippen LogP contribution in [0.2, 0.25) is 0 Å². The molecule has 90 valence electrons. The van der Waals surface area contributed by atoms with Crippen molar-refractivity contribution < 1.29 is 0 Å². The summed E-state index contributed by atoms with van der Waals surface area (Å²) in [5, 5.41) is 9.57. The van der Waals surface area contributed by atoms with Crippen molar-refractivity contribution in [3.05, 3.63) is 54.1 Å². The van der Waals surface area contributed by atoms with Crippen LogP contribution in [-0.2, 0) is 5.88 Å². The number of nitrogens with one attached hydrogen (secondary N) is 2. The standard InChI is InChI=1S/C14H12ClN3/c15-9-10-1-3-11(4-2-10)12-5-7-13(8-6-12)14-16-18-17-14/h1-8,18H,9H2,(H,16,17). The summed E-state index contributed by atoms with van der Waals surface area (Å²) in [6, 6.07) is 16.6. The molecule has 0 fully saturated rings. The van der Waals surface area contributed by atoms with Crippen LogP contribution in [0.25, 0.3) is 22.5 Å². The summed E-state index contributed by atoms with van der Waals surface area (Å²) in [6.45, 7) is 0. The number of halogens is 1. The Morgan fingerprint density at radius 2 is 1.33 bits per heavy atom. The summed E-state index contributed by atoms with van der Waals surface area (Å²) in [7, 11) is 0. The number of hydrogen-bond acceptors (Lipinski definition) is 1. The van der Waals surface area contributed by atoms with Crippen LogP contribution in [0.15, 0.2) is 48.5 Å². The van der Waals surface area contributed by atoms with E-state index in [0.29, 0.717) is 5.88 Å². The number of H-pyrrole nitrogens is 2. The van der Waals surface area contributed by atoms with Crippen molar-refractivity contribution in [2.75, 3.05) is 0 Å². The summed E-state index contributed by atoms with van der Waals surface area (Å²) in [4.78, 5) is 0. The van der Waals surface area contributed by atoms with Crippen LogP contribution in [0.4, 0.5) is 0 Å². The first-order valence-electron chi connectivity index (χ1n) is 5.71. The van der Waals surface area contributed by atoms with Crippen molar-refractivity contribution in [3.63, 3.8) is 0 Å². The number of aromatic amines is 2. The Hall–Kier alpha value is -2.00. The van der Waals surface area contributed by atoms with Crippen LogP contribution in [-0.4, -0.2) is 15.4 Å². The van der Waals surface area contributed by atoms with Gasteiger partial charge in [-0.05, 0) is 16.7 Å². The van der Waals surface area contributed by atoms with Crippen LogP contribution in [0.1, 0.15) is 5.56 Å². The minimum absolute atomic E-state index is 0.553. The van der Waals surface area contributed by atoms with Crippen LogP contribution in [0.5, 0.6) is 0 Å². The lowest BCUT2D eigenvalue weighted by atomic mass is 10.0. The Morgan fingerprint density at radius 3 is 1.78 bits per heavy atom. The van der Waals surface area contributed by atoms with Crippen molar-refractivity contribution in [1.82, 2.24) is 15.4 Å². The summed E-state index contributed by atoms with van der Waals surface area (Å²) >= 11 is 5.78. The van der Waals surface area contributed by atoms with Crippen LogP contribution < -0.4 is 0 Å². The van der Waals surface area contributed by atoms with Gasteiger partial charge in [0.2, 0.25) is 0 Å². The molecule has 1 aromatic heterocycles. The lowest BCUT2D eigenvalue weighted by molar-refractivity contribution is 0.779. The average Bonchev–Trinajstić information content (AvgIpc) is 2.38. The van der Waals surface area contributed by atoms with E-state index >= 15 is 0 Å². The van der Waals surface area contributed by atoms with Gasteiger partial charge in [-0.25, -0.2) is 5.21 Å². The Bertz CT molecular complexity index is 611. The van der Waals surface area contributed by atoms with E-state index < -0.39 is 0 Å². The van der Waals surface area contributed by atoms with Gasteiger partial charge in [0.15, 0.2) is 5.82 Å². The number of hydrogen-bond donors (Lipinski definition) is 2. The Morgan fingerprint density at radius 1 is 0.833 bits per heavy atom. The lowest BCUT2D eigenvalue weighted by Gasteiger charge is -2.06. The highest BCUT2D eigenvalue weighted by molar-refractivity contribution is 6.17. The molecule has 0 radical (unpaired) electrons. The molecule has 0 saturated heterocycles. The van der Waals surface area contributed by atoms with Gasteiger partial charge < -0.3 is 0 Å². The number of benzene rings is 2. The van der Waals surface area contributed by atoms with Gasteiger partial charge in [0.1, 0.15) is 0 Å². The highest BCUT2D eigenvalue weighted by Crippen LogP contribution is 2.23. The second-order valence-corrected chi connectivity index (χ2v) is 4.37. The van der Waals surface area contributed by atoms with Crippen molar-refractivity contribution >= 4 is 11.6 Å². The lowest BCUT2D eigenvalue weighted by Crippen LogP contribution is -1.98. The maximum absolute atomic E-state index is 5.78. The van der Waals surface area contributed by atoms with E-state index in [9.17, 15) is 0 Å². The molecule has 0 aliphatic heterocycles. The third-order valence-corrected chi connectivity index (χ3v) is 3.25. The molecule has 3 aromatic rings. The predicted octanol–water partition coefficient (Wildman–Crippen LogP) is 3.81. The van der Waals surface area contributed by atoms with Gasteiger partial charge in [-0.15, -0.1) is 16.7 Å². The van der Waals surface area contributed by atoms with Crippen molar-refractivity contribution in [1.29, 1.82) is 0 Å². The Labute approximate surface area is 110 Å². The third kappa shape index (κ3) is 2.05. The Balaban J connectivity index is 1.88. The predicted molar refractivity (Wildman–Crippen MR) is 73.4 cm³/mol. The van der Waals surface area contributed by atoms with Crippen LogP contribution in [0, 0.1) is 0 Å². The van der Waals surface area contributed by atoms with Gasteiger partial charge in [-0.2, -0.15) is 0 Å². The van der Waals surface area contributed by atoms with Crippen molar-refractivity contribution in [2.24, 2.45) is 0 Å². The number of alkyl halides is 1. The molecule has 0 saturated carbocycles. The topological polar surface area (TPSA) is 44.5 Å². The smallest absolute Gasteiger partial charge is 0.174 e. The molecular weight excluding hydrogens is 246 g/mol.